The standard InChI is InChI=1S/C25H35N3O4/c1-31-22-6-4-19(5-7-22)16-23(29)26-12-8-21(9-13-26)28-24(30)27(17-20-2-3-20)18-25(28)10-14-32-15-11-25/h4-7,20-21H,2-3,8-18H2,1H3. The molecule has 1 spiro atoms. The maximum Gasteiger partial charge on any atom is 0.320 e. The Morgan fingerprint density at radius 3 is 2.41 bits per heavy atom. The van der Waals surface area contributed by atoms with Crippen LogP contribution in [0.5, 0.6) is 5.75 Å². The first-order valence-electron chi connectivity index (χ1n) is 12.1. The number of nitrogens with zero attached hydrogens (tertiary/aromatic N) is 3. The summed E-state index contributed by atoms with van der Waals surface area (Å²) in [4.78, 5) is 32.7. The van der Waals surface area contributed by atoms with Crippen molar-refractivity contribution in [3.05, 3.63) is 29.8 Å². The highest BCUT2D eigenvalue weighted by atomic mass is 16.5. The molecule has 3 aliphatic heterocycles. The Labute approximate surface area is 190 Å². The molecule has 4 fully saturated rings. The third-order valence-corrected chi connectivity index (χ3v) is 7.77. The van der Waals surface area contributed by atoms with Crippen LogP contribution in [0.4, 0.5) is 4.79 Å². The smallest absolute Gasteiger partial charge is 0.320 e. The molecule has 5 rings (SSSR count). The summed E-state index contributed by atoms with van der Waals surface area (Å²) in [5, 5.41) is 0. The number of likely N-dealkylation sites (tertiary alicyclic amines) is 1. The molecule has 4 aliphatic rings. The number of carbonyl (C=O) groups is 2. The van der Waals surface area contributed by atoms with Crippen LogP contribution < -0.4 is 4.74 Å². The molecule has 7 heteroatoms. The highest BCUT2D eigenvalue weighted by Gasteiger charge is 2.53. The summed E-state index contributed by atoms with van der Waals surface area (Å²) >= 11 is 0. The van der Waals surface area contributed by atoms with Crippen LogP contribution in [0.15, 0.2) is 24.3 Å². The van der Waals surface area contributed by atoms with Crippen molar-refractivity contribution in [2.45, 2.75) is 56.5 Å². The molecule has 0 radical (unpaired) electrons. The van der Waals surface area contributed by atoms with Crippen LogP contribution in [-0.2, 0) is 16.0 Å². The molecule has 0 unspecified atom stereocenters. The summed E-state index contributed by atoms with van der Waals surface area (Å²) in [6, 6.07) is 8.14. The molecule has 1 saturated carbocycles. The predicted molar refractivity (Wildman–Crippen MR) is 121 cm³/mol. The van der Waals surface area contributed by atoms with Crippen LogP contribution in [-0.4, -0.2) is 84.7 Å². The second kappa shape index (κ2) is 8.93. The quantitative estimate of drug-likeness (QED) is 0.681. The maximum atomic E-state index is 13.5. The molecule has 1 aromatic rings. The summed E-state index contributed by atoms with van der Waals surface area (Å²) in [5.74, 6) is 1.67. The number of carbonyl (C=O) groups excluding carboxylic acids is 2. The predicted octanol–water partition coefficient (Wildman–Crippen LogP) is 2.93. The highest BCUT2D eigenvalue weighted by molar-refractivity contribution is 5.80. The van der Waals surface area contributed by atoms with Gasteiger partial charge in [-0.1, -0.05) is 12.1 Å². The lowest BCUT2D eigenvalue weighted by Crippen LogP contribution is -2.57. The van der Waals surface area contributed by atoms with Crippen molar-refractivity contribution in [3.63, 3.8) is 0 Å². The molecule has 7 nitrogen and oxygen atoms in total. The van der Waals surface area contributed by atoms with E-state index >= 15 is 0 Å². The first-order valence-corrected chi connectivity index (χ1v) is 12.1. The van der Waals surface area contributed by atoms with E-state index in [0.717, 1.165) is 76.4 Å². The highest BCUT2D eigenvalue weighted by Crippen LogP contribution is 2.41. The Morgan fingerprint density at radius 2 is 1.78 bits per heavy atom. The third kappa shape index (κ3) is 4.32. The number of ether oxygens (including phenoxy) is 2. The zero-order valence-electron chi connectivity index (χ0n) is 19.1. The molecule has 0 atom stereocenters. The van der Waals surface area contributed by atoms with E-state index in [0.29, 0.717) is 12.3 Å². The van der Waals surface area contributed by atoms with Crippen molar-refractivity contribution in [2.24, 2.45) is 5.92 Å². The molecular formula is C25H35N3O4. The Balaban J connectivity index is 1.21. The summed E-state index contributed by atoms with van der Waals surface area (Å²) in [7, 11) is 1.64. The number of hydrogen-bond donors (Lipinski definition) is 0. The second-order valence-electron chi connectivity index (χ2n) is 9.95. The average Bonchev–Trinajstić information content (AvgIpc) is 3.60. The van der Waals surface area contributed by atoms with Gasteiger partial charge in [-0.2, -0.15) is 0 Å². The van der Waals surface area contributed by atoms with Crippen LogP contribution in [0.25, 0.3) is 0 Å². The summed E-state index contributed by atoms with van der Waals surface area (Å²) < 4.78 is 10.9. The van der Waals surface area contributed by atoms with Gasteiger partial charge in [-0.05, 0) is 62.1 Å². The van der Waals surface area contributed by atoms with E-state index in [9.17, 15) is 9.59 Å². The SMILES string of the molecule is COc1ccc(CC(=O)N2CCC(N3C(=O)N(CC4CC4)CC34CCOCC4)CC2)cc1. The second-order valence-corrected chi connectivity index (χ2v) is 9.95. The number of urea groups is 1. The van der Waals surface area contributed by atoms with E-state index in [1.54, 1.807) is 7.11 Å². The van der Waals surface area contributed by atoms with Gasteiger partial charge in [-0.25, -0.2) is 4.79 Å². The largest absolute Gasteiger partial charge is 0.497 e. The van der Waals surface area contributed by atoms with Gasteiger partial charge in [0.15, 0.2) is 0 Å². The molecule has 32 heavy (non-hydrogen) atoms. The van der Waals surface area contributed by atoms with Gasteiger partial charge >= 0.3 is 6.03 Å². The van der Waals surface area contributed by atoms with Crippen LogP contribution >= 0.6 is 0 Å². The molecular weight excluding hydrogens is 406 g/mol. The van der Waals surface area contributed by atoms with Gasteiger partial charge in [0.05, 0.1) is 19.1 Å². The fourth-order valence-corrected chi connectivity index (χ4v) is 5.71. The lowest BCUT2D eigenvalue weighted by Gasteiger charge is -2.46. The zero-order chi connectivity index (χ0) is 22.1. The summed E-state index contributed by atoms with van der Waals surface area (Å²) in [5.41, 5.74) is 0.925. The fourth-order valence-electron chi connectivity index (χ4n) is 5.71. The van der Waals surface area contributed by atoms with Crippen molar-refractivity contribution >= 4 is 11.9 Å². The number of methoxy groups -OCH3 is 1. The zero-order valence-corrected chi connectivity index (χ0v) is 19.1. The first kappa shape index (κ1) is 21.6. The number of benzene rings is 1. The van der Waals surface area contributed by atoms with Crippen molar-refractivity contribution < 1.29 is 19.1 Å². The molecule has 0 N–H and O–H groups in total. The Kier molecular flexibility index (Phi) is 6.01. The van der Waals surface area contributed by atoms with Gasteiger partial charge in [0.2, 0.25) is 5.91 Å². The van der Waals surface area contributed by atoms with Gasteiger partial charge in [-0.15, -0.1) is 0 Å². The van der Waals surface area contributed by atoms with E-state index in [1.807, 2.05) is 29.2 Å². The maximum absolute atomic E-state index is 13.5. The third-order valence-electron chi connectivity index (χ3n) is 7.77. The van der Waals surface area contributed by atoms with Gasteiger partial charge in [-0.3, -0.25) is 4.79 Å². The fraction of sp³-hybridized carbons (Fsp3) is 0.680. The van der Waals surface area contributed by atoms with Gasteiger partial charge < -0.3 is 24.2 Å². The van der Waals surface area contributed by atoms with E-state index in [1.165, 1.54) is 12.8 Å². The Bertz CT molecular complexity index is 824. The van der Waals surface area contributed by atoms with Gasteiger partial charge in [0, 0.05) is 45.4 Å². The van der Waals surface area contributed by atoms with Gasteiger partial charge in [0.1, 0.15) is 5.75 Å². The van der Waals surface area contributed by atoms with Crippen LogP contribution in [0.3, 0.4) is 0 Å². The van der Waals surface area contributed by atoms with Crippen molar-refractivity contribution in [2.75, 3.05) is 46.5 Å². The molecule has 3 heterocycles. The van der Waals surface area contributed by atoms with Crippen LogP contribution in [0.2, 0.25) is 0 Å². The Hall–Kier alpha value is -2.28. The molecule has 0 bridgehead atoms. The summed E-state index contributed by atoms with van der Waals surface area (Å²) in [6.07, 6.45) is 6.50. The van der Waals surface area contributed by atoms with Gasteiger partial charge in [0.25, 0.3) is 0 Å². The van der Waals surface area contributed by atoms with E-state index in [-0.39, 0.29) is 23.5 Å². The minimum atomic E-state index is -0.0792. The minimum Gasteiger partial charge on any atom is -0.497 e. The van der Waals surface area contributed by atoms with E-state index in [2.05, 4.69) is 9.80 Å². The van der Waals surface area contributed by atoms with Crippen molar-refractivity contribution in [1.82, 2.24) is 14.7 Å². The molecule has 0 aromatic heterocycles. The monoisotopic (exact) mass is 441 g/mol. The minimum absolute atomic E-state index is 0.0792. The Morgan fingerprint density at radius 1 is 1.09 bits per heavy atom. The topological polar surface area (TPSA) is 62.3 Å². The van der Waals surface area contributed by atoms with E-state index in [4.69, 9.17) is 9.47 Å². The lowest BCUT2D eigenvalue weighted by atomic mass is 9.86. The number of amides is 3. The number of piperidine rings is 1. The molecule has 3 amide bonds. The number of hydrogen-bond acceptors (Lipinski definition) is 4. The van der Waals surface area contributed by atoms with Crippen LogP contribution in [0.1, 0.15) is 44.1 Å². The summed E-state index contributed by atoms with van der Waals surface area (Å²) in [6.45, 7) is 4.68. The van der Waals surface area contributed by atoms with Crippen molar-refractivity contribution in [3.8, 4) is 5.75 Å². The average molecular weight is 442 g/mol. The molecule has 1 aromatic carbocycles. The molecule has 1 aliphatic carbocycles. The lowest BCUT2D eigenvalue weighted by molar-refractivity contribution is -0.132. The number of rotatable bonds is 6. The first-order chi connectivity index (χ1) is 15.6. The molecule has 174 valence electrons. The normalized spacial score (nSPS) is 23.8. The van der Waals surface area contributed by atoms with E-state index < -0.39 is 0 Å². The van der Waals surface area contributed by atoms with Crippen molar-refractivity contribution in [1.29, 1.82) is 0 Å². The molecule has 3 saturated heterocycles. The van der Waals surface area contributed by atoms with Crippen LogP contribution in [0, 0.1) is 5.92 Å².